The molecule has 0 saturated heterocycles. The summed E-state index contributed by atoms with van der Waals surface area (Å²) in [5.74, 6) is 0.257. The van der Waals surface area contributed by atoms with Gasteiger partial charge in [-0.05, 0) is 73.5 Å². The van der Waals surface area contributed by atoms with Crippen LogP contribution in [0.15, 0.2) is 71.6 Å². The Labute approximate surface area is 170 Å². The fourth-order valence-corrected chi connectivity index (χ4v) is 3.89. The molecule has 0 heterocycles. The highest BCUT2D eigenvalue weighted by Crippen LogP contribution is 2.22. The third-order valence-electron chi connectivity index (χ3n) is 4.38. The van der Waals surface area contributed by atoms with Crippen molar-refractivity contribution in [3.05, 3.63) is 83.4 Å². The molecule has 150 valence electrons. The van der Waals surface area contributed by atoms with Crippen LogP contribution in [0.5, 0.6) is 5.75 Å². The molecule has 1 amide bonds. The highest BCUT2D eigenvalue weighted by Gasteiger charge is 2.18. The summed E-state index contributed by atoms with van der Waals surface area (Å²) in [5, 5.41) is 2.81. The second kappa shape index (κ2) is 8.36. The third kappa shape index (κ3) is 4.94. The molecule has 0 aliphatic carbocycles. The lowest BCUT2D eigenvalue weighted by atomic mass is 10.1. The molecule has 6 nitrogen and oxygen atoms in total. The Kier molecular flexibility index (Phi) is 5.89. The van der Waals surface area contributed by atoms with E-state index in [9.17, 15) is 13.2 Å². The fourth-order valence-electron chi connectivity index (χ4n) is 2.81. The zero-order valence-corrected chi connectivity index (χ0v) is 17.2. The van der Waals surface area contributed by atoms with Gasteiger partial charge in [-0.1, -0.05) is 18.2 Å². The first-order chi connectivity index (χ1) is 13.8. The van der Waals surface area contributed by atoms with Crippen LogP contribution in [-0.2, 0) is 10.0 Å². The average molecular weight is 410 g/mol. The summed E-state index contributed by atoms with van der Waals surface area (Å²) in [6.07, 6.45) is 0. The molecule has 7 heteroatoms. The van der Waals surface area contributed by atoms with Gasteiger partial charge in [-0.15, -0.1) is 0 Å². The van der Waals surface area contributed by atoms with Crippen LogP contribution >= 0.6 is 0 Å². The van der Waals surface area contributed by atoms with Crippen molar-refractivity contribution in [2.75, 3.05) is 17.1 Å². The summed E-state index contributed by atoms with van der Waals surface area (Å²) in [5.41, 5.74) is 3.04. The lowest BCUT2D eigenvalue weighted by molar-refractivity contribution is 0.102. The molecule has 0 atom stereocenters. The summed E-state index contributed by atoms with van der Waals surface area (Å²) in [6, 6.07) is 18.4. The quantitative estimate of drug-likeness (QED) is 0.632. The number of nitrogens with one attached hydrogen (secondary N) is 2. The van der Waals surface area contributed by atoms with E-state index >= 15 is 0 Å². The summed E-state index contributed by atoms with van der Waals surface area (Å²) in [6.45, 7) is 3.69. The third-order valence-corrected chi connectivity index (χ3v) is 5.76. The van der Waals surface area contributed by atoms with Crippen molar-refractivity contribution in [3.8, 4) is 5.75 Å². The Hall–Kier alpha value is -3.32. The number of benzene rings is 3. The maximum atomic E-state index is 12.8. The molecular weight excluding hydrogens is 388 g/mol. The number of amides is 1. The molecule has 0 bridgehead atoms. The van der Waals surface area contributed by atoms with Gasteiger partial charge in [-0.25, -0.2) is 8.42 Å². The first kappa shape index (κ1) is 20.4. The van der Waals surface area contributed by atoms with Crippen molar-refractivity contribution in [1.29, 1.82) is 0 Å². The minimum atomic E-state index is -3.86. The minimum Gasteiger partial charge on any atom is -0.497 e. The molecular formula is C22H22N2O4S. The van der Waals surface area contributed by atoms with Crippen LogP contribution in [0, 0.1) is 13.8 Å². The normalized spacial score (nSPS) is 11.0. The fraction of sp³-hybridized carbons (Fsp3) is 0.136. The predicted octanol–water partition coefficient (Wildman–Crippen LogP) is 4.37. The number of ether oxygens (including phenoxy) is 1. The SMILES string of the molecule is COc1ccc(NS(=O)(=O)c2ccc(C)c(C(=O)Nc3cccc(C)c3)c2)cc1. The maximum Gasteiger partial charge on any atom is 0.261 e. The van der Waals surface area contributed by atoms with Gasteiger partial charge in [-0.2, -0.15) is 0 Å². The summed E-state index contributed by atoms with van der Waals surface area (Å²) >= 11 is 0. The molecule has 2 N–H and O–H groups in total. The Bertz CT molecular complexity index is 1140. The van der Waals surface area contributed by atoms with Crippen LogP contribution in [-0.4, -0.2) is 21.4 Å². The molecule has 0 radical (unpaired) electrons. The lowest BCUT2D eigenvalue weighted by Crippen LogP contribution is -2.17. The largest absolute Gasteiger partial charge is 0.497 e. The van der Waals surface area contributed by atoms with Crippen molar-refractivity contribution in [2.45, 2.75) is 18.7 Å². The molecule has 29 heavy (non-hydrogen) atoms. The van der Waals surface area contributed by atoms with E-state index in [4.69, 9.17) is 4.74 Å². The molecule has 0 aliphatic rings. The van der Waals surface area contributed by atoms with Crippen molar-refractivity contribution in [1.82, 2.24) is 0 Å². The van der Waals surface area contributed by atoms with Gasteiger partial charge in [0, 0.05) is 16.9 Å². The van der Waals surface area contributed by atoms with Gasteiger partial charge in [0.2, 0.25) is 0 Å². The van der Waals surface area contributed by atoms with E-state index in [1.807, 2.05) is 25.1 Å². The van der Waals surface area contributed by atoms with Gasteiger partial charge in [0.15, 0.2) is 0 Å². The van der Waals surface area contributed by atoms with E-state index in [2.05, 4.69) is 10.0 Å². The monoisotopic (exact) mass is 410 g/mol. The van der Waals surface area contributed by atoms with Crippen molar-refractivity contribution >= 4 is 27.3 Å². The highest BCUT2D eigenvalue weighted by atomic mass is 32.2. The summed E-state index contributed by atoms with van der Waals surface area (Å²) in [7, 11) is -2.32. The Morgan fingerprint density at radius 1 is 0.897 bits per heavy atom. The topological polar surface area (TPSA) is 84.5 Å². The molecule has 3 aromatic carbocycles. The molecule has 3 rings (SSSR count). The van der Waals surface area contributed by atoms with Gasteiger partial charge in [0.1, 0.15) is 5.75 Å². The van der Waals surface area contributed by atoms with Crippen molar-refractivity contribution in [3.63, 3.8) is 0 Å². The van der Waals surface area contributed by atoms with Gasteiger partial charge < -0.3 is 10.1 Å². The second-order valence-corrected chi connectivity index (χ2v) is 8.32. The number of anilines is 2. The number of carbonyl (C=O) groups is 1. The van der Waals surface area contributed by atoms with Crippen LogP contribution in [0.25, 0.3) is 0 Å². The minimum absolute atomic E-state index is 0.00769. The Balaban J connectivity index is 1.85. The standard InChI is InChI=1S/C22H22N2O4S/c1-15-5-4-6-18(13-15)23-22(25)21-14-20(12-7-16(21)2)29(26,27)24-17-8-10-19(28-3)11-9-17/h4-14,24H,1-3H3,(H,23,25). The first-order valence-electron chi connectivity index (χ1n) is 8.94. The van der Waals surface area contributed by atoms with E-state index in [0.29, 0.717) is 28.3 Å². The number of rotatable bonds is 6. The molecule has 3 aromatic rings. The molecule has 0 fully saturated rings. The van der Waals surface area contributed by atoms with Gasteiger partial charge in [-0.3, -0.25) is 9.52 Å². The molecule has 0 aromatic heterocycles. The zero-order valence-electron chi connectivity index (χ0n) is 16.4. The molecule has 0 spiro atoms. The van der Waals surface area contributed by atoms with E-state index < -0.39 is 10.0 Å². The predicted molar refractivity (Wildman–Crippen MR) is 114 cm³/mol. The Morgan fingerprint density at radius 3 is 2.28 bits per heavy atom. The Morgan fingerprint density at radius 2 is 1.62 bits per heavy atom. The average Bonchev–Trinajstić information content (AvgIpc) is 2.68. The number of sulfonamides is 1. The van der Waals surface area contributed by atoms with Crippen LogP contribution < -0.4 is 14.8 Å². The zero-order chi connectivity index (χ0) is 21.0. The number of methoxy groups -OCH3 is 1. The van der Waals surface area contributed by atoms with Crippen LogP contribution in [0.4, 0.5) is 11.4 Å². The van der Waals surface area contributed by atoms with Crippen molar-refractivity contribution < 1.29 is 17.9 Å². The lowest BCUT2D eigenvalue weighted by Gasteiger charge is -2.12. The number of hydrogen-bond acceptors (Lipinski definition) is 4. The van der Waals surface area contributed by atoms with E-state index in [0.717, 1.165) is 5.56 Å². The van der Waals surface area contributed by atoms with Crippen LogP contribution in [0.3, 0.4) is 0 Å². The smallest absolute Gasteiger partial charge is 0.261 e. The second-order valence-electron chi connectivity index (χ2n) is 6.63. The molecule has 0 unspecified atom stereocenters. The van der Waals surface area contributed by atoms with Gasteiger partial charge in [0.25, 0.3) is 15.9 Å². The van der Waals surface area contributed by atoms with E-state index in [1.165, 1.54) is 19.2 Å². The van der Waals surface area contributed by atoms with E-state index in [1.54, 1.807) is 43.3 Å². The number of carbonyl (C=O) groups excluding carboxylic acids is 1. The number of aryl methyl sites for hydroxylation is 2. The first-order valence-corrected chi connectivity index (χ1v) is 10.4. The maximum absolute atomic E-state index is 12.8. The molecule has 0 aliphatic heterocycles. The number of hydrogen-bond donors (Lipinski definition) is 2. The summed E-state index contributed by atoms with van der Waals surface area (Å²) < 4.78 is 33.1. The van der Waals surface area contributed by atoms with Crippen molar-refractivity contribution in [2.24, 2.45) is 0 Å². The van der Waals surface area contributed by atoms with Gasteiger partial charge in [0.05, 0.1) is 12.0 Å². The van der Waals surface area contributed by atoms with Gasteiger partial charge >= 0.3 is 0 Å². The van der Waals surface area contributed by atoms with Crippen LogP contribution in [0.1, 0.15) is 21.5 Å². The molecule has 0 saturated carbocycles. The van der Waals surface area contributed by atoms with Crippen LogP contribution in [0.2, 0.25) is 0 Å². The van der Waals surface area contributed by atoms with E-state index in [-0.39, 0.29) is 10.8 Å². The highest BCUT2D eigenvalue weighted by molar-refractivity contribution is 7.92. The summed E-state index contributed by atoms with van der Waals surface area (Å²) in [4.78, 5) is 12.7.